The molecular weight excluding hydrogens is 396 g/mol. The number of benzene rings is 2. The molecule has 0 bridgehead atoms. The summed E-state index contributed by atoms with van der Waals surface area (Å²) in [6, 6.07) is 10.2. The van der Waals surface area contributed by atoms with Gasteiger partial charge >= 0.3 is 5.69 Å². The van der Waals surface area contributed by atoms with Gasteiger partial charge in [-0.25, -0.2) is 5.43 Å². The number of carbonyl (C=O) groups is 1. The molecule has 3 aromatic rings. The number of H-pyrrole nitrogens is 1. The minimum atomic E-state index is -0.492. The molecule has 1 aromatic heterocycles. The molecule has 0 saturated carbocycles. The number of nitro benzene ring substituents is 1. The van der Waals surface area contributed by atoms with E-state index in [0.29, 0.717) is 17.7 Å². The highest BCUT2D eigenvalue weighted by atomic mass is 16.6. The van der Waals surface area contributed by atoms with Crippen LogP contribution in [0.5, 0.6) is 5.75 Å². The molecule has 1 aliphatic carbocycles. The quantitative estimate of drug-likeness (QED) is 0.333. The van der Waals surface area contributed by atoms with E-state index in [2.05, 4.69) is 15.5 Å². The fourth-order valence-electron chi connectivity index (χ4n) is 3.87. The summed E-state index contributed by atoms with van der Waals surface area (Å²) in [4.78, 5) is 26.8. The average molecular weight is 420 g/mol. The van der Waals surface area contributed by atoms with Crippen LogP contribution in [0.15, 0.2) is 41.5 Å². The van der Waals surface area contributed by atoms with Crippen molar-refractivity contribution in [3.8, 4) is 5.75 Å². The van der Waals surface area contributed by atoms with Crippen LogP contribution in [0.2, 0.25) is 0 Å². The van der Waals surface area contributed by atoms with E-state index in [9.17, 15) is 14.9 Å². The number of aromatic nitrogens is 1. The van der Waals surface area contributed by atoms with E-state index in [-0.39, 0.29) is 17.3 Å². The maximum absolute atomic E-state index is 12.6. The van der Waals surface area contributed by atoms with E-state index >= 15 is 0 Å². The van der Waals surface area contributed by atoms with E-state index in [4.69, 9.17) is 4.74 Å². The first-order valence-electron chi connectivity index (χ1n) is 10.4. The summed E-state index contributed by atoms with van der Waals surface area (Å²) in [7, 11) is 0. The number of ether oxygens (including phenoxy) is 1. The van der Waals surface area contributed by atoms with Crippen LogP contribution in [-0.2, 0) is 12.8 Å². The number of hydrazone groups is 1. The number of hydrogen-bond donors (Lipinski definition) is 2. The molecule has 31 heavy (non-hydrogen) atoms. The molecule has 8 heteroatoms. The van der Waals surface area contributed by atoms with Crippen molar-refractivity contribution in [1.82, 2.24) is 10.4 Å². The number of fused-ring (bicyclic) bond motifs is 3. The van der Waals surface area contributed by atoms with Crippen LogP contribution in [0.25, 0.3) is 10.9 Å². The summed E-state index contributed by atoms with van der Waals surface area (Å²) in [6.07, 6.45) is 6.55. The number of amides is 1. The van der Waals surface area contributed by atoms with Gasteiger partial charge in [0.05, 0.1) is 17.7 Å². The van der Waals surface area contributed by atoms with Crippen LogP contribution < -0.4 is 10.2 Å². The van der Waals surface area contributed by atoms with Crippen molar-refractivity contribution < 1.29 is 14.5 Å². The zero-order valence-electron chi connectivity index (χ0n) is 17.3. The molecule has 1 amide bonds. The SMILES string of the molecule is CCCOc1ccc(/C=N\NC(=O)c2ccc3[nH]c4c(c3c2)CCCC4)cc1[N+](=O)[O-]. The minimum absolute atomic E-state index is 0.133. The van der Waals surface area contributed by atoms with E-state index in [1.807, 2.05) is 19.1 Å². The number of nitrogens with zero attached hydrogens (tertiary/aromatic N) is 2. The number of nitro groups is 1. The highest BCUT2D eigenvalue weighted by Crippen LogP contribution is 2.30. The Kier molecular flexibility index (Phi) is 5.97. The first-order chi connectivity index (χ1) is 15.1. The van der Waals surface area contributed by atoms with Gasteiger partial charge in [0, 0.05) is 33.8 Å². The van der Waals surface area contributed by atoms with Gasteiger partial charge in [-0.15, -0.1) is 0 Å². The van der Waals surface area contributed by atoms with Gasteiger partial charge in [0.2, 0.25) is 0 Å². The first kappa shape index (κ1) is 20.6. The fraction of sp³-hybridized carbons (Fsp3) is 0.304. The maximum atomic E-state index is 12.6. The predicted molar refractivity (Wildman–Crippen MR) is 119 cm³/mol. The zero-order valence-corrected chi connectivity index (χ0v) is 17.3. The number of rotatable bonds is 7. The number of aryl methyl sites for hydroxylation is 2. The molecule has 0 atom stereocenters. The molecule has 1 heterocycles. The van der Waals surface area contributed by atoms with Crippen molar-refractivity contribution in [1.29, 1.82) is 0 Å². The predicted octanol–water partition coefficient (Wildman–Crippen LogP) is 4.51. The maximum Gasteiger partial charge on any atom is 0.311 e. The highest BCUT2D eigenvalue weighted by molar-refractivity contribution is 5.99. The second-order valence-electron chi connectivity index (χ2n) is 7.58. The average Bonchev–Trinajstić information content (AvgIpc) is 3.15. The Hall–Kier alpha value is -3.68. The van der Waals surface area contributed by atoms with Crippen LogP contribution in [0.4, 0.5) is 5.69 Å². The largest absolute Gasteiger partial charge is 0.487 e. The number of hydrogen-bond acceptors (Lipinski definition) is 5. The zero-order chi connectivity index (χ0) is 21.8. The van der Waals surface area contributed by atoms with E-state index in [0.717, 1.165) is 36.6 Å². The highest BCUT2D eigenvalue weighted by Gasteiger charge is 2.17. The van der Waals surface area contributed by atoms with Crippen molar-refractivity contribution in [2.24, 2.45) is 5.10 Å². The first-order valence-corrected chi connectivity index (χ1v) is 10.4. The van der Waals surface area contributed by atoms with Crippen LogP contribution in [0, 0.1) is 10.1 Å². The molecule has 1 aliphatic rings. The Balaban J connectivity index is 1.48. The standard InChI is InChI=1S/C23H24N4O4/c1-2-11-31-22-10-7-15(12-21(22)27(29)30)14-24-26-23(28)16-8-9-20-18(13-16)17-5-3-4-6-19(17)25-20/h7-10,12-14,25H,2-6,11H2,1H3,(H,26,28)/b24-14-. The van der Waals surface area contributed by atoms with Crippen molar-refractivity contribution in [2.75, 3.05) is 6.61 Å². The molecule has 2 N–H and O–H groups in total. The second-order valence-corrected chi connectivity index (χ2v) is 7.58. The van der Waals surface area contributed by atoms with E-state index in [1.54, 1.807) is 18.2 Å². The molecule has 8 nitrogen and oxygen atoms in total. The molecular formula is C23H24N4O4. The van der Waals surface area contributed by atoms with Crippen LogP contribution in [0.1, 0.15) is 53.4 Å². The summed E-state index contributed by atoms with van der Waals surface area (Å²) in [5.41, 5.74) is 7.00. The Morgan fingerprint density at radius 3 is 2.90 bits per heavy atom. The molecule has 0 unspecified atom stereocenters. The molecule has 2 aromatic carbocycles. The third-order valence-electron chi connectivity index (χ3n) is 5.38. The van der Waals surface area contributed by atoms with Crippen LogP contribution in [0.3, 0.4) is 0 Å². The monoisotopic (exact) mass is 420 g/mol. The summed E-state index contributed by atoms with van der Waals surface area (Å²) < 4.78 is 5.41. The molecule has 0 radical (unpaired) electrons. The third kappa shape index (κ3) is 4.42. The van der Waals surface area contributed by atoms with Crippen molar-refractivity contribution in [3.05, 3.63) is 68.9 Å². The van der Waals surface area contributed by atoms with Crippen LogP contribution in [-0.4, -0.2) is 28.6 Å². The Morgan fingerprint density at radius 1 is 1.26 bits per heavy atom. The molecule has 0 aliphatic heterocycles. The molecule has 160 valence electrons. The fourth-order valence-corrected chi connectivity index (χ4v) is 3.87. The van der Waals surface area contributed by atoms with E-state index < -0.39 is 4.92 Å². The van der Waals surface area contributed by atoms with Gasteiger partial charge in [-0.3, -0.25) is 14.9 Å². The topological polar surface area (TPSA) is 110 Å². The van der Waals surface area contributed by atoms with Gasteiger partial charge in [0.25, 0.3) is 5.91 Å². The lowest BCUT2D eigenvalue weighted by atomic mass is 9.95. The van der Waals surface area contributed by atoms with E-state index in [1.165, 1.54) is 30.0 Å². The van der Waals surface area contributed by atoms with Crippen molar-refractivity contribution in [2.45, 2.75) is 39.0 Å². The lowest BCUT2D eigenvalue weighted by Gasteiger charge is -2.10. The Morgan fingerprint density at radius 2 is 2.10 bits per heavy atom. The lowest BCUT2D eigenvalue weighted by Crippen LogP contribution is -2.17. The normalized spacial score (nSPS) is 13.3. The number of nitrogens with one attached hydrogen (secondary N) is 2. The molecule has 0 saturated heterocycles. The van der Waals surface area contributed by atoms with Gasteiger partial charge in [0.15, 0.2) is 5.75 Å². The van der Waals surface area contributed by atoms with Crippen LogP contribution >= 0.6 is 0 Å². The van der Waals surface area contributed by atoms with Gasteiger partial charge < -0.3 is 9.72 Å². The summed E-state index contributed by atoms with van der Waals surface area (Å²) in [5.74, 6) is -0.113. The summed E-state index contributed by atoms with van der Waals surface area (Å²) in [5, 5.41) is 16.4. The third-order valence-corrected chi connectivity index (χ3v) is 5.38. The summed E-state index contributed by atoms with van der Waals surface area (Å²) in [6.45, 7) is 2.33. The van der Waals surface area contributed by atoms with Crippen molar-refractivity contribution >= 4 is 28.7 Å². The summed E-state index contributed by atoms with van der Waals surface area (Å²) >= 11 is 0. The van der Waals surface area contributed by atoms with Crippen molar-refractivity contribution in [3.63, 3.8) is 0 Å². The lowest BCUT2D eigenvalue weighted by molar-refractivity contribution is -0.385. The van der Waals surface area contributed by atoms with Gasteiger partial charge in [-0.2, -0.15) is 5.10 Å². The molecule has 0 fully saturated rings. The van der Waals surface area contributed by atoms with Gasteiger partial charge in [-0.05, 0) is 68.0 Å². The Bertz CT molecular complexity index is 1170. The number of carbonyl (C=O) groups excluding carboxylic acids is 1. The Labute approximate surface area is 179 Å². The molecule has 4 rings (SSSR count). The number of aromatic amines is 1. The van der Waals surface area contributed by atoms with Gasteiger partial charge in [0.1, 0.15) is 0 Å². The second kappa shape index (κ2) is 8.99. The minimum Gasteiger partial charge on any atom is -0.487 e. The molecule has 0 spiro atoms. The van der Waals surface area contributed by atoms with Gasteiger partial charge in [-0.1, -0.05) is 6.92 Å². The smallest absolute Gasteiger partial charge is 0.311 e.